The number of nitrogens with two attached hydrogens (primary N) is 1. The van der Waals surface area contributed by atoms with Crippen molar-refractivity contribution in [2.24, 2.45) is 17.6 Å². The molecule has 1 saturated heterocycles. The van der Waals surface area contributed by atoms with Crippen molar-refractivity contribution in [1.82, 2.24) is 4.90 Å². The summed E-state index contributed by atoms with van der Waals surface area (Å²) in [5.41, 5.74) is 5.45. The summed E-state index contributed by atoms with van der Waals surface area (Å²) in [5, 5.41) is 0. The minimum atomic E-state index is -0.184. The van der Waals surface area contributed by atoms with Gasteiger partial charge in [-0.05, 0) is 0 Å². The lowest BCUT2D eigenvalue weighted by molar-refractivity contribution is -0.139. The number of amides is 2. The molecule has 2 atom stereocenters. The van der Waals surface area contributed by atoms with E-state index >= 15 is 0 Å². The molecule has 0 spiro atoms. The fourth-order valence-electron chi connectivity index (χ4n) is 1.53. The van der Waals surface area contributed by atoms with Gasteiger partial charge in [0.15, 0.2) is 0 Å². The number of hydrogen-bond donors (Lipinski definition) is 1. The SMILES string of the molecule is CN1C(=O)C2C(N)C2C1=O. The van der Waals surface area contributed by atoms with Crippen LogP contribution >= 0.6 is 0 Å². The van der Waals surface area contributed by atoms with Gasteiger partial charge in [-0.15, -0.1) is 0 Å². The number of carbonyl (C=O) groups is 2. The van der Waals surface area contributed by atoms with Crippen molar-refractivity contribution in [1.29, 1.82) is 0 Å². The molecule has 2 N–H and O–H groups in total. The van der Waals surface area contributed by atoms with Crippen LogP contribution in [-0.2, 0) is 9.59 Å². The van der Waals surface area contributed by atoms with Gasteiger partial charge in [0, 0.05) is 13.1 Å². The first-order chi connectivity index (χ1) is 4.64. The Balaban J connectivity index is 2.30. The van der Waals surface area contributed by atoms with Gasteiger partial charge in [0.25, 0.3) is 0 Å². The van der Waals surface area contributed by atoms with Gasteiger partial charge in [-0.2, -0.15) is 0 Å². The first kappa shape index (κ1) is 5.85. The van der Waals surface area contributed by atoms with Crippen LogP contribution in [0.2, 0.25) is 0 Å². The summed E-state index contributed by atoms with van der Waals surface area (Å²) in [5.74, 6) is -0.583. The molecule has 0 aromatic heterocycles. The summed E-state index contributed by atoms with van der Waals surface area (Å²) in [4.78, 5) is 23.2. The van der Waals surface area contributed by atoms with Crippen LogP contribution in [0, 0.1) is 11.8 Å². The Morgan fingerprint density at radius 3 is 2.00 bits per heavy atom. The molecule has 2 fully saturated rings. The van der Waals surface area contributed by atoms with Gasteiger partial charge >= 0.3 is 0 Å². The highest BCUT2D eigenvalue weighted by atomic mass is 16.2. The van der Waals surface area contributed by atoms with Gasteiger partial charge < -0.3 is 5.73 Å². The van der Waals surface area contributed by atoms with E-state index in [1.54, 1.807) is 0 Å². The molecule has 0 aromatic carbocycles. The van der Waals surface area contributed by atoms with Crippen molar-refractivity contribution in [3.63, 3.8) is 0 Å². The van der Waals surface area contributed by atoms with Gasteiger partial charge in [0.1, 0.15) is 0 Å². The third-order valence-electron chi connectivity index (χ3n) is 2.31. The molecule has 4 heteroatoms. The van der Waals surface area contributed by atoms with Gasteiger partial charge in [0.2, 0.25) is 11.8 Å². The Hall–Kier alpha value is -0.900. The number of carbonyl (C=O) groups excluding carboxylic acids is 2. The lowest BCUT2D eigenvalue weighted by Gasteiger charge is -2.09. The van der Waals surface area contributed by atoms with Crippen LogP contribution in [0.15, 0.2) is 0 Å². The van der Waals surface area contributed by atoms with Gasteiger partial charge in [0.05, 0.1) is 11.8 Å². The van der Waals surface area contributed by atoms with Crippen LogP contribution in [0.1, 0.15) is 0 Å². The first-order valence-corrected chi connectivity index (χ1v) is 3.21. The van der Waals surface area contributed by atoms with Crippen molar-refractivity contribution in [2.75, 3.05) is 7.05 Å². The zero-order chi connectivity index (χ0) is 7.46. The largest absolute Gasteiger partial charge is 0.326 e. The molecular formula is C6H8N2O2. The highest BCUT2D eigenvalue weighted by molar-refractivity contribution is 6.09. The van der Waals surface area contributed by atoms with E-state index in [4.69, 9.17) is 5.73 Å². The second kappa shape index (κ2) is 1.40. The van der Waals surface area contributed by atoms with Crippen LogP contribution < -0.4 is 5.73 Å². The van der Waals surface area contributed by atoms with E-state index < -0.39 is 0 Å². The lowest BCUT2D eigenvalue weighted by atomic mass is 10.4. The smallest absolute Gasteiger partial charge is 0.234 e. The average molecular weight is 140 g/mol. The number of rotatable bonds is 0. The fourth-order valence-corrected chi connectivity index (χ4v) is 1.53. The monoisotopic (exact) mass is 140 g/mol. The van der Waals surface area contributed by atoms with Crippen LogP contribution in [-0.4, -0.2) is 29.8 Å². The van der Waals surface area contributed by atoms with E-state index in [9.17, 15) is 9.59 Å². The topological polar surface area (TPSA) is 63.4 Å². The van der Waals surface area contributed by atoms with Crippen LogP contribution in [0.25, 0.3) is 0 Å². The predicted molar refractivity (Wildman–Crippen MR) is 32.7 cm³/mol. The number of likely N-dealkylation sites (tertiary alicyclic amines) is 1. The summed E-state index contributed by atoms with van der Waals surface area (Å²) < 4.78 is 0. The second-order valence-corrected chi connectivity index (χ2v) is 2.86. The molecule has 4 nitrogen and oxygen atoms in total. The average Bonchev–Trinajstić information content (AvgIpc) is 2.50. The highest BCUT2D eigenvalue weighted by Gasteiger charge is 2.64. The Morgan fingerprint density at radius 2 is 1.70 bits per heavy atom. The van der Waals surface area contributed by atoms with Crippen molar-refractivity contribution in [3.8, 4) is 0 Å². The minimum Gasteiger partial charge on any atom is -0.326 e. The third kappa shape index (κ3) is 0.419. The fraction of sp³-hybridized carbons (Fsp3) is 0.667. The molecule has 1 saturated carbocycles. The van der Waals surface area contributed by atoms with E-state index in [0.717, 1.165) is 0 Å². The molecular weight excluding hydrogens is 132 g/mol. The Bertz CT molecular complexity index is 204. The number of imide groups is 1. The highest BCUT2D eigenvalue weighted by Crippen LogP contribution is 2.44. The van der Waals surface area contributed by atoms with E-state index in [0.29, 0.717) is 0 Å². The molecule has 0 aromatic rings. The second-order valence-electron chi connectivity index (χ2n) is 2.86. The summed E-state index contributed by atoms with van der Waals surface area (Å²) in [6.07, 6.45) is 0. The lowest BCUT2D eigenvalue weighted by Crippen LogP contribution is -2.33. The van der Waals surface area contributed by atoms with Crippen molar-refractivity contribution < 1.29 is 9.59 Å². The molecule has 2 amide bonds. The third-order valence-corrected chi connectivity index (χ3v) is 2.31. The molecule has 2 unspecified atom stereocenters. The molecule has 1 heterocycles. The number of piperidine rings is 1. The maximum Gasteiger partial charge on any atom is 0.234 e. The molecule has 54 valence electrons. The zero-order valence-electron chi connectivity index (χ0n) is 5.57. The van der Waals surface area contributed by atoms with Crippen LogP contribution in [0.4, 0.5) is 0 Å². The summed E-state index contributed by atoms with van der Waals surface area (Å²) in [6, 6.07) is -0.184. The van der Waals surface area contributed by atoms with Crippen LogP contribution in [0.3, 0.4) is 0 Å². The Morgan fingerprint density at radius 1 is 1.30 bits per heavy atom. The number of nitrogens with zero attached hydrogens (tertiary/aromatic N) is 1. The molecule has 2 rings (SSSR count). The van der Waals surface area contributed by atoms with Crippen molar-refractivity contribution in [3.05, 3.63) is 0 Å². The van der Waals surface area contributed by atoms with Gasteiger partial charge in [-0.25, -0.2) is 0 Å². The molecule has 0 bridgehead atoms. The zero-order valence-corrected chi connectivity index (χ0v) is 5.57. The van der Waals surface area contributed by atoms with Crippen molar-refractivity contribution >= 4 is 11.8 Å². The number of hydrogen-bond acceptors (Lipinski definition) is 3. The molecule has 2 aliphatic rings. The van der Waals surface area contributed by atoms with E-state index in [-0.39, 0.29) is 29.7 Å². The molecule has 10 heavy (non-hydrogen) atoms. The van der Waals surface area contributed by atoms with E-state index in [1.165, 1.54) is 11.9 Å². The van der Waals surface area contributed by atoms with Gasteiger partial charge in [-0.3, -0.25) is 14.5 Å². The maximum absolute atomic E-state index is 11.0. The predicted octanol–water partition coefficient (Wildman–Crippen LogP) is -1.44. The quantitative estimate of drug-likeness (QED) is 0.419. The minimum absolute atomic E-state index is 0.109. The van der Waals surface area contributed by atoms with Gasteiger partial charge in [-0.1, -0.05) is 0 Å². The molecule has 0 radical (unpaired) electrons. The standard InChI is InChI=1S/C6H8N2O2/c1-8-5(9)2-3(4(2)7)6(8)10/h2-4H,7H2,1H3. The number of fused-ring (bicyclic) bond motifs is 1. The van der Waals surface area contributed by atoms with Crippen LogP contribution in [0.5, 0.6) is 0 Å². The summed E-state index contributed by atoms with van der Waals surface area (Å²) in [7, 11) is 1.50. The maximum atomic E-state index is 11.0. The molecule has 1 aliphatic heterocycles. The first-order valence-electron chi connectivity index (χ1n) is 3.21. The van der Waals surface area contributed by atoms with Crippen molar-refractivity contribution in [2.45, 2.75) is 6.04 Å². The Kier molecular flexibility index (Phi) is 0.817. The summed E-state index contributed by atoms with van der Waals surface area (Å²) >= 11 is 0. The summed E-state index contributed by atoms with van der Waals surface area (Å²) in [6.45, 7) is 0. The normalized spacial score (nSPS) is 44.2. The molecule has 1 aliphatic carbocycles. The van der Waals surface area contributed by atoms with E-state index in [1.807, 2.05) is 0 Å². The van der Waals surface area contributed by atoms with E-state index in [2.05, 4.69) is 0 Å². The Labute approximate surface area is 58.0 Å².